The highest BCUT2D eigenvalue weighted by atomic mass is 32.1. The molecule has 0 saturated heterocycles. The van der Waals surface area contributed by atoms with Gasteiger partial charge in [-0.2, -0.15) is 10.5 Å². The molecule has 6 aromatic rings. The standard InChI is InChI=1S/2C17H17N5S/c2*18-7-5-12(11-3-1-2-4-11)17-20-9-14(23-17)15-13-6-8-19-16(13)22-10-21-15/h2*6,8-12H,1-5H2,(H,19,21,22)/t2*12-/m10/s1. The van der Waals surface area contributed by atoms with Crippen molar-refractivity contribution in [2.75, 3.05) is 0 Å². The van der Waals surface area contributed by atoms with Crippen molar-refractivity contribution in [2.45, 2.75) is 76.0 Å². The summed E-state index contributed by atoms with van der Waals surface area (Å²) in [6.07, 6.45) is 21.8. The molecule has 2 fully saturated rings. The summed E-state index contributed by atoms with van der Waals surface area (Å²) in [5.41, 5.74) is 3.52. The minimum Gasteiger partial charge on any atom is -0.346 e. The first-order valence-electron chi connectivity index (χ1n) is 16.0. The smallest absolute Gasteiger partial charge is 0.141 e. The Bertz CT molecular complexity index is 1850. The molecule has 0 radical (unpaired) electrons. The Morgan fingerprint density at radius 2 is 1.09 bits per heavy atom. The number of hydrogen-bond acceptors (Lipinski definition) is 10. The zero-order chi connectivity index (χ0) is 31.3. The number of nitrogens with one attached hydrogen (secondary N) is 2. The SMILES string of the molecule is N#CC[C@@H](c1ncc(-c2ncnc3[nH]ccc23)s1)C1CCCC1.N#CC[C@H](c1ncc(-c2ncnc3[nH]ccc23)s1)C1CCCC1. The molecule has 0 aromatic carbocycles. The van der Waals surface area contributed by atoms with Gasteiger partial charge in [0.15, 0.2) is 0 Å². The van der Waals surface area contributed by atoms with Crippen LogP contribution >= 0.6 is 22.7 Å². The van der Waals surface area contributed by atoms with E-state index in [0.717, 1.165) is 53.2 Å². The Hall–Kier alpha value is -4.52. The van der Waals surface area contributed by atoms with Crippen molar-refractivity contribution in [3.63, 3.8) is 0 Å². The fourth-order valence-electron chi connectivity index (χ4n) is 7.10. The third-order valence-electron chi connectivity index (χ3n) is 9.42. The first-order chi connectivity index (χ1) is 22.7. The Morgan fingerprint density at radius 1 is 0.652 bits per heavy atom. The van der Waals surface area contributed by atoms with Crippen molar-refractivity contribution in [2.24, 2.45) is 11.8 Å². The second-order valence-electron chi connectivity index (χ2n) is 12.1. The van der Waals surface area contributed by atoms with E-state index in [4.69, 9.17) is 0 Å². The third-order valence-corrected chi connectivity index (χ3v) is 11.7. The molecule has 2 aliphatic rings. The first kappa shape index (κ1) is 30.2. The van der Waals surface area contributed by atoms with Gasteiger partial charge in [-0.15, -0.1) is 22.7 Å². The largest absolute Gasteiger partial charge is 0.346 e. The zero-order valence-corrected chi connectivity index (χ0v) is 27.0. The van der Waals surface area contributed by atoms with E-state index in [9.17, 15) is 10.5 Å². The molecule has 2 N–H and O–H groups in total. The normalized spacial score (nSPS) is 16.7. The van der Waals surface area contributed by atoms with Crippen LogP contribution in [0.4, 0.5) is 0 Å². The van der Waals surface area contributed by atoms with Crippen molar-refractivity contribution in [1.82, 2.24) is 39.9 Å². The lowest BCUT2D eigenvalue weighted by Gasteiger charge is -2.18. The Balaban J connectivity index is 0.000000147. The average molecular weight is 647 g/mol. The molecule has 8 rings (SSSR count). The lowest BCUT2D eigenvalue weighted by molar-refractivity contribution is 0.438. The van der Waals surface area contributed by atoms with Crippen LogP contribution in [0.5, 0.6) is 0 Å². The second kappa shape index (κ2) is 13.9. The summed E-state index contributed by atoms with van der Waals surface area (Å²) in [5, 5.41) is 22.6. The predicted molar refractivity (Wildman–Crippen MR) is 180 cm³/mol. The molecule has 0 aliphatic heterocycles. The number of hydrogen-bond donors (Lipinski definition) is 2. The first-order valence-corrected chi connectivity index (χ1v) is 17.6. The van der Waals surface area contributed by atoms with Crippen molar-refractivity contribution >= 4 is 44.7 Å². The highest BCUT2D eigenvalue weighted by molar-refractivity contribution is 7.15. The van der Waals surface area contributed by atoms with Crippen LogP contribution in [-0.2, 0) is 0 Å². The summed E-state index contributed by atoms with van der Waals surface area (Å²) in [6.45, 7) is 0. The molecular formula is C34H34N10S2. The van der Waals surface area contributed by atoms with Crippen LogP contribution < -0.4 is 0 Å². The summed E-state index contributed by atoms with van der Waals surface area (Å²) in [7, 11) is 0. The van der Waals surface area contributed by atoms with E-state index in [2.05, 4.69) is 52.0 Å². The number of fused-ring (bicyclic) bond motifs is 2. The number of nitrogens with zero attached hydrogens (tertiary/aromatic N) is 8. The number of H-pyrrole nitrogens is 2. The molecule has 2 aliphatic carbocycles. The zero-order valence-electron chi connectivity index (χ0n) is 25.4. The molecule has 2 saturated carbocycles. The third kappa shape index (κ3) is 6.15. The highest BCUT2D eigenvalue weighted by Gasteiger charge is 2.30. The molecule has 0 bridgehead atoms. The van der Waals surface area contributed by atoms with Crippen molar-refractivity contribution in [3.8, 4) is 33.3 Å². The topological polar surface area (TPSA) is 156 Å². The fourth-order valence-corrected chi connectivity index (χ4v) is 9.35. The number of thiazole rings is 2. The minimum absolute atomic E-state index is 0.268. The maximum absolute atomic E-state index is 9.20. The molecule has 232 valence electrons. The molecule has 46 heavy (non-hydrogen) atoms. The van der Waals surface area contributed by atoms with Crippen LogP contribution in [0, 0.1) is 34.5 Å². The summed E-state index contributed by atoms with van der Waals surface area (Å²) in [4.78, 5) is 35.0. The van der Waals surface area contributed by atoms with Crippen LogP contribution in [0.15, 0.2) is 49.6 Å². The van der Waals surface area contributed by atoms with Crippen LogP contribution in [0.1, 0.15) is 86.1 Å². The summed E-state index contributed by atoms with van der Waals surface area (Å²) < 4.78 is 0. The summed E-state index contributed by atoms with van der Waals surface area (Å²) in [5.74, 6) is 1.74. The molecule has 2 atom stereocenters. The quantitative estimate of drug-likeness (QED) is 0.167. The lowest BCUT2D eigenvalue weighted by Crippen LogP contribution is -2.08. The van der Waals surface area contributed by atoms with E-state index >= 15 is 0 Å². The average Bonchev–Trinajstić information content (AvgIpc) is 3.94. The minimum atomic E-state index is 0.268. The van der Waals surface area contributed by atoms with Gasteiger partial charge in [-0.05, 0) is 49.7 Å². The van der Waals surface area contributed by atoms with Gasteiger partial charge in [0.05, 0.1) is 43.3 Å². The van der Waals surface area contributed by atoms with Gasteiger partial charge in [0.2, 0.25) is 0 Å². The van der Waals surface area contributed by atoms with Crippen molar-refractivity contribution < 1.29 is 0 Å². The number of rotatable bonds is 8. The van der Waals surface area contributed by atoms with E-state index < -0.39 is 0 Å². The van der Waals surface area contributed by atoms with Crippen molar-refractivity contribution in [3.05, 3.63) is 59.6 Å². The van der Waals surface area contributed by atoms with Gasteiger partial charge < -0.3 is 9.97 Å². The van der Waals surface area contributed by atoms with Crippen molar-refractivity contribution in [1.29, 1.82) is 10.5 Å². The van der Waals surface area contributed by atoms with E-state index in [-0.39, 0.29) is 11.8 Å². The molecule has 12 heteroatoms. The monoisotopic (exact) mass is 646 g/mol. The Morgan fingerprint density at radius 3 is 1.50 bits per heavy atom. The lowest BCUT2D eigenvalue weighted by atomic mass is 9.89. The van der Waals surface area contributed by atoms with Crippen LogP contribution in [0.2, 0.25) is 0 Å². The van der Waals surface area contributed by atoms with Gasteiger partial charge in [0.25, 0.3) is 0 Å². The van der Waals surface area contributed by atoms with E-state index in [0.29, 0.717) is 24.7 Å². The highest BCUT2D eigenvalue weighted by Crippen LogP contribution is 2.43. The molecule has 10 nitrogen and oxygen atoms in total. The van der Waals surface area contributed by atoms with Gasteiger partial charge >= 0.3 is 0 Å². The molecule has 0 amide bonds. The second-order valence-corrected chi connectivity index (χ2v) is 14.2. The molecule has 0 spiro atoms. The fraction of sp³-hybridized carbons (Fsp3) is 0.412. The Labute approximate surface area is 275 Å². The number of aromatic amines is 2. The van der Waals surface area contributed by atoms with Gasteiger partial charge in [-0.25, -0.2) is 29.9 Å². The number of nitriles is 2. The maximum atomic E-state index is 9.20. The molecule has 0 unspecified atom stereocenters. The number of aromatic nitrogens is 8. The summed E-state index contributed by atoms with van der Waals surface area (Å²) in [6, 6.07) is 8.70. The van der Waals surface area contributed by atoms with Gasteiger partial charge in [-0.1, -0.05) is 25.7 Å². The van der Waals surface area contributed by atoms with E-state index in [1.807, 2.05) is 36.9 Å². The van der Waals surface area contributed by atoms with Gasteiger partial charge in [0, 0.05) is 60.2 Å². The molecule has 6 aromatic heterocycles. The maximum Gasteiger partial charge on any atom is 0.141 e. The van der Waals surface area contributed by atoms with Gasteiger partial charge in [0.1, 0.15) is 23.9 Å². The van der Waals surface area contributed by atoms with Crippen LogP contribution in [0.25, 0.3) is 43.2 Å². The van der Waals surface area contributed by atoms with Gasteiger partial charge in [-0.3, -0.25) is 0 Å². The molecule has 6 heterocycles. The summed E-state index contributed by atoms with van der Waals surface area (Å²) >= 11 is 3.35. The Kier molecular flexibility index (Phi) is 9.08. The predicted octanol–water partition coefficient (Wildman–Crippen LogP) is 8.54. The molecular weight excluding hydrogens is 613 g/mol. The van der Waals surface area contributed by atoms with E-state index in [1.54, 1.807) is 35.3 Å². The van der Waals surface area contributed by atoms with Crippen LogP contribution in [0.3, 0.4) is 0 Å². The van der Waals surface area contributed by atoms with E-state index in [1.165, 1.54) is 51.4 Å². The van der Waals surface area contributed by atoms with Crippen LogP contribution in [-0.4, -0.2) is 39.9 Å².